The third kappa shape index (κ3) is 2.98. The number of pyridine rings is 1. The fourth-order valence-corrected chi connectivity index (χ4v) is 3.32. The molecule has 0 unspecified atom stereocenters. The van der Waals surface area contributed by atoms with E-state index in [1.807, 2.05) is 0 Å². The van der Waals surface area contributed by atoms with E-state index in [9.17, 15) is 19.2 Å². The van der Waals surface area contributed by atoms with Crippen molar-refractivity contribution < 1.29 is 19.8 Å². The highest BCUT2D eigenvalue weighted by Gasteiger charge is 2.17. The molecule has 0 saturated heterocycles. The van der Waals surface area contributed by atoms with E-state index >= 15 is 0 Å². The summed E-state index contributed by atoms with van der Waals surface area (Å²) in [5.41, 5.74) is 0.879. The van der Waals surface area contributed by atoms with E-state index in [2.05, 4.69) is 5.10 Å². The fourth-order valence-electron chi connectivity index (χ4n) is 3.32. The number of aromatic amines is 1. The number of carboxylic acids is 2. The lowest BCUT2D eigenvalue weighted by atomic mass is 10.1. The molecule has 0 spiro atoms. The number of hydrogen-bond acceptors (Lipinski definition) is 4. The number of aromatic carboxylic acids is 2. The maximum absolute atomic E-state index is 13.0. The average Bonchev–Trinajstić information content (AvgIpc) is 3.05. The van der Waals surface area contributed by atoms with Gasteiger partial charge in [-0.2, -0.15) is 0 Å². The molecule has 0 aliphatic carbocycles. The zero-order valence-corrected chi connectivity index (χ0v) is 15.6. The first-order valence-electron chi connectivity index (χ1n) is 8.83. The summed E-state index contributed by atoms with van der Waals surface area (Å²) in [4.78, 5) is 47.9. The number of fused-ring (bicyclic) bond motifs is 1. The molecular formula is C21H15N3O6. The first kappa shape index (κ1) is 18.9. The Labute approximate surface area is 168 Å². The minimum Gasteiger partial charge on any atom is -0.478 e. The van der Waals surface area contributed by atoms with Gasteiger partial charge in [-0.05, 0) is 61.0 Å². The molecule has 0 fully saturated rings. The van der Waals surface area contributed by atoms with Gasteiger partial charge in [-0.25, -0.2) is 14.3 Å². The van der Waals surface area contributed by atoms with Gasteiger partial charge in [-0.15, -0.1) is 0 Å². The minimum absolute atomic E-state index is 0.0692. The second-order valence-corrected chi connectivity index (χ2v) is 6.68. The van der Waals surface area contributed by atoms with Crippen molar-refractivity contribution in [2.45, 2.75) is 6.92 Å². The highest BCUT2D eigenvalue weighted by molar-refractivity contribution is 5.88. The van der Waals surface area contributed by atoms with Crippen molar-refractivity contribution in [3.05, 3.63) is 92.0 Å². The number of nitrogens with zero attached hydrogens (tertiary/aromatic N) is 2. The van der Waals surface area contributed by atoms with Gasteiger partial charge in [0.2, 0.25) is 0 Å². The molecule has 9 nitrogen and oxygen atoms in total. The summed E-state index contributed by atoms with van der Waals surface area (Å²) in [6, 6.07) is 12.8. The summed E-state index contributed by atoms with van der Waals surface area (Å²) >= 11 is 0. The van der Waals surface area contributed by atoms with Crippen molar-refractivity contribution in [1.29, 1.82) is 0 Å². The minimum atomic E-state index is -1.09. The first-order valence-corrected chi connectivity index (χ1v) is 8.83. The van der Waals surface area contributed by atoms with Crippen LogP contribution in [-0.4, -0.2) is 36.5 Å². The molecule has 4 aromatic rings. The predicted octanol–water partition coefficient (Wildman–Crippen LogP) is 2.17. The number of carboxylic acid groups (broad SMARTS) is 2. The number of rotatable bonds is 4. The van der Waals surface area contributed by atoms with Crippen molar-refractivity contribution in [2.24, 2.45) is 0 Å². The van der Waals surface area contributed by atoms with Gasteiger partial charge in [0.25, 0.3) is 11.1 Å². The van der Waals surface area contributed by atoms with Crippen LogP contribution in [0.15, 0.2) is 64.2 Å². The summed E-state index contributed by atoms with van der Waals surface area (Å²) in [7, 11) is 0. The van der Waals surface area contributed by atoms with E-state index in [4.69, 9.17) is 10.2 Å². The predicted molar refractivity (Wildman–Crippen MR) is 108 cm³/mol. The second kappa shape index (κ2) is 6.89. The number of aryl methyl sites for hydroxylation is 1. The number of aromatic nitrogens is 3. The molecular weight excluding hydrogens is 390 g/mol. The number of H-pyrrole nitrogens is 1. The number of hydrogen-bond donors (Lipinski definition) is 3. The molecule has 150 valence electrons. The van der Waals surface area contributed by atoms with Crippen LogP contribution in [0.2, 0.25) is 0 Å². The van der Waals surface area contributed by atoms with Crippen molar-refractivity contribution in [2.75, 3.05) is 0 Å². The van der Waals surface area contributed by atoms with Crippen LogP contribution in [0.1, 0.15) is 26.3 Å². The summed E-state index contributed by atoms with van der Waals surface area (Å²) < 4.78 is 2.52. The molecule has 2 aromatic carbocycles. The quantitative estimate of drug-likeness (QED) is 0.476. The Morgan fingerprint density at radius 1 is 0.833 bits per heavy atom. The van der Waals surface area contributed by atoms with Crippen LogP contribution in [0, 0.1) is 6.92 Å². The number of benzene rings is 2. The Kier molecular flexibility index (Phi) is 4.35. The highest BCUT2D eigenvalue weighted by atomic mass is 16.4. The topological polar surface area (TPSA) is 134 Å². The smallest absolute Gasteiger partial charge is 0.335 e. The molecule has 0 aliphatic heterocycles. The lowest BCUT2D eigenvalue weighted by molar-refractivity contribution is 0.0686. The molecule has 2 aromatic heterocycles. The van der Waals surface area contributed by atoms with Crippen molar-refractivity contribution >= 4 is 23.0 Å². The number of carbonyl (C=O) groups is 2. The first-order chi connectivity index (χ1) is 14.3. The van der Waals surface area contributed by atoms with Crippen LogP contribution in [0.5, 0.6) is 0 Å². The van der Waals surface area contributed by atoms with Gasteiger partial charge in [0.05, 0.1) is 27.9 Å². The molecule has 30 heavy (non-hydrogen) atoms. The third-order valence-corrected chi connectivity index (χ3v) is 4.79. The Balaban J connectivity index is 1.96. The Morgan fingerprint density at radius 2 is 1.33 bits per heavy atom. The van der Waals surface area contributed by atoms with E-state index in [1.165, 1.54) is 63.8 Å². The van der Waals surface area contributed by atoms with Crippen molar-refractivity contribution in [1.82, 2.24) is 14.3 Å². The van der Waals surface area contributed by atoms with Gasteiger partial charge in [0, 0.05) is 6.07 Å². The van der Waals surface area contributed by atoms with Crippen LogP contribution in [0.3, 0.4) is 0 Å². The maximum Gasteiger partial charge on any atom is 0.335 e. The largest absolute Gasteiger partial charge is 0.478 e. The van der Waals surface area contributed by atoms with E-state index in [1.54, 1.807) is 6.92 Å². The van der Waals surface area contributed by atoms with E-state index in [0.717, 1.165) is 0 Å². The molecule has 0 amide bonds. The Morgan fingerprint density at radius 3 is 1.83 bits per heavy atom. The molecule has 0 saturated carbocycles. The lowest BCUT2D eigenvalue weighted by Crippen LogP contribution is -2.19. The maximum atomic E-state index is 13.0. The Bertz CT molecular complexity index is 1420. The molecule has 0 aliphatic rings. The van der Waals surface area contributed by atoms with Crippen LogP contribution < -0.4 is 11.1 Å². The summed E-state index contributed by atoms with van der Waals surface area (Å²) in [6.45, 7) is 1.65. The summed E-state index contributed by atoms with van der Waals surface area (Å²) in [5, 5.41) is 21.3. The Hall–Kier alpha value is -4.40. The highest BCUT2D eigenvalue weighted by Crippen LogP contribution is 2.18. The van der Waals surface area contributed by atoms with Gasteiger partial charge in [0.15, 0.2) is 0 Å². The standard InChI is InChI=1S/C21H15N3O6/c1-11-10-16(25)23(14-6-2-12(3-7-14)20(27)28)18-17(11)19(26)24(22-18)15-8-4-13(5-9-15)21(29)30/h2-10,22H,1H3,(H,27,28)(H,29,30). The van der Waals surface area contributed by atoms with E-state index < -0.39 is 23.1 Å². The number of nitrogens with one attached hydrogen (secondary N) is 1. The van der Waals surface area contributed by atoms with Crippen LogP contribution in [-0.2, 0) is 0 Å². The molecule has 3 N–H and O–H groups in total. The normalized spacial score (nSPS) is 11.0. The molecule has 9 heteroatoms. The zero-order chi connectivity index (χ0) is 21.6. The fraction of sp³-hybridized carbons (Fsp3) is 0.0476. The monoisotopic (exact) mass is 405 g/mol. The van der Waals surface area contributed by atoms with Crippen molar-refractivity contribution in [3.8, 4) is 11.4 Å². The summed E-state index contributed by atoms with van der Waals surface area (Å²) in [5.74, 6) is -2.17. The average molecular weight is 405 g/mol. The molecule has 0 atom stereocenters. The van der Waals surface area contributed by atoms with Crippen molar-refractivity contribution in [3.63, 3.8) is 0 Å². The van der Waals surface area contributed by atoms with Gasteiger partial charge >= 0.3 is 11.9 Å². The third-order valence-electron chi connectivity index (χ3n) is 4.79. The zero-order valence-electron chi connectivity index (χ0n) is 15.6. The van der Waals surface area contributed by atoms with Crippen LogP contribution >= 0.6 is 0 Å². The molecule has 0 bridgehead atoms. The van der Waals surface area contributed by atoms with Gasteiger partial charge in [-0.3, -0.25) is 19.3 Å². The van der Waals surface area contributed by atoms with E-state index in [0.29, 0.717) is 22.3 Å². The molecule has 4 rings (SSSR count). The van der Waals surface area contributed by atoms with Crippen LogP contribution in [0.25, 0.3) is 22.4 Å². The van der Waals surface area contributed by atoms with E-state index in [-0.39, 0.29) is 16.8 Å². The van der Waals surface area contributed by atoms with Gasteiger partial charge in [-0.1, -0.05) is 0 Å². The van der Waals surface area contributed by atoms with Crippen LogP contribution in [0.4, 0.5) is 0 Å². The molecule has 2 heterocycles. The SMILES string of the molecule is Cc1cc(=O)n(-c2ccc(C(=O)O)cc2)c2[nH]n(-c3ccc(C(=O)O)cc3)c(=O)c12. The molecule has 0 radical (unpaired) electrons. The lowest BCUT2D eigenvalue weighted by Gasteiger charge is -2.08. The van der Waals surface area contributed by atoms with Gasteiger partial charge < -0.3 is 10.2 Å². The second-order valence-electron chi connectivity index (χ2n) is 6.68. The van der Waals surface area contributed by atoms with Gasteiger partial charge in [0.1, 0.15) is 5.65 Å². The summed E-state index contributed by atoms with van der Waals surface area (Å²) in [6.07, 6.45) is 0.